The van der Waals surface area contributed by atoms with Gasteiger partial charge in [-0.2, -0.15) is 0 Å². The summed E-state index contributed by atoms with van der Waals surface area (Å²) < 4.78 is 22.7. The maximum absolute atomic E-state index is 11.6. The molecule has 1 atom stereocenters. The van der Waals surface area contributed by atoms with E-state index in [-0.39, 0.29) is 6.61 Å². The lowest BCUT2D eigenvalue weighted by Gasteiger charge is -2.46. The number of rotatable bonds is 3. The van der Waals surface area contributed by atoms with Crippen molar-refractivity contribution in [2.45, 2.75) is 38.0 Å². The molecular formula is C8H15NO4S. The van der Waals surface area contributed by atoms with E-state index in [1.807, 2.05) is 0 Å². The molecule has 0 aliphatic carbocycles. The first kappa shape index (κ1) is 11.5. The predicted molar refractivity (Wildman–Crippen MR) is 51.0 cm³/mol. The lowest BCUT2D eigenvalue weighted by Crippen LogP contribution is -2.70. The number of amides is 1. The van der Waals surface area contributed by atoms with Crippen molar-refractivity contribution in [2.75, 3.05) is 6.61 Å². The van der Waals surface area contributed by atoms with Crippen molar-refractivity contribution in [1.82, 2.24) is 4.31 Å². The number of carbonyl (C=O) groups is 1. The van der Waals surface area contributed by atoms with Crippen LogP contribution in [0.3, 0.4) is 0 Å². The van der Waals surface area contributed by atoms with Gasteiger partial charge in [0.2, 0.25) is 0 Å². The molecule has 1 fully saturated rings. The molecule has 0 radical (unpaired) electrons. The van der Waals surface area contributed by atoms with E-state index >= 15 is 0 Å². The first-order valence-corrected chi connectivity index (χ1v) is 5.94. The van der Waals surface area contributed by atoms with Gasteiger partial charge < -0.3 is 5.11 Å². The second-order valence-corrected chi connectivity index (χ2v) is 6.23. The van der Waals surface area contributed by atoms with E-state index in [0.717, 1.165) is 4.31 Å². The van der Waals surface area contributed by atoms with Crippen LogP contribution in [0.4, 0.5) is 0 Å². The Kier molecular flexibility index (Phi) is 2.62. The van der Waals surface area contributed by atoms with E-state index in [2.05, 4.69) is 0 Å². The maximum atomic E-state index is 11.6. The van der Waals surface area contributed by atoms with Crippen LogP contribution in [-0.2, 0) is 14.8 Å². The molecule has 0 bridgehead atoms. The predicted octanol–water partition coefficient (Wildman–Crippen LogP) is -0.292. The number of nitrogens with zero attached hydrogens (tertiary/aromatic N) is 1. The zero-order chi connectivity index (χ0) is 11.1. The molecule has 82 valence electrons. The first-order chi connectivity index (χ1) is 6.30. The molecule has 1 saturated heterocycles. The highest BCUT2D eigenvalue weighted by Gasteiger charge is 2.61. The number of carbonyl (C=O) groups excluding carboxylic acids is 1. The molecule has 1 N–H and O–H groups in total. The first-order valence-electron chi connectivity index (χ1n) is 4.50. The third-order valence-corrected chi connectivity index (χ3v) is 5.08. The van der Waals surface area contributed by atoms with Gasteiger partial charge >= 0.3 is 0 Å². The summed E-state index contributed by atoms with van der Waals surface area (Å²) in [7, 11) is -3.55. The third-order valence-electron chi connectivity index (χ3n) is 2.63. The van der Waals surface area contributed by atoms with Gasteiger partial charge in [-0.05, 0) is 20.3 Å². The minimum atomic E-state index is -3.55. The lowest BCUT2D eigenvalue weighted by molar-refractivity contribution is -0.134. The summed E-state index contributed by atoms with van der Waals surface area (Å²) in [5.41, 5.74) is 0. The van der Waals surface area contributed by atoms with Crippen LogP contribution in [0.5, 0.6) is 0 Å². The van der Waals surface area contributed by atoms with Crippen LogP contribution in [0.25, 0.3) is 0 Å². The Balaban J connectivity index is 3.02. The molecule has 1 rings (SSSR count). The standard InChI is InChI=1S/C8H15NO4S/c1-4-6(5-10)9-7(11)8(2,3)14(9,12)13/h6,10H,4-5H2,1-3H3. The smallest absolute Gasteiger partial charge is 0.259 e. The highest BCUT2D eigenvalue weighted by molar-refractivity contribution is 7.94. The molecule has 0 aromatic carbocycles. The van der Waals surface area contributed by atoms with E-state index in [0.29, 0.717) is 6.42 Å². The molecule has 1 aliphatic heterocycles. The molecular weight excluding hydrogens is 206 g/mol. The van der Waals surface area contributed by atoms with Crippen molar-refractivity contribution in [3.63, 3.8) is 0 Å². The van der Waals surface area contributed by atoms with Crippen molar-refractivity contribution in [3.8, 4) is 0 Å². The van der Waals surface area contributed by atoms with Gasteiger partial charge in [0.05, 0.1) is 12.6 Å². The SMILES string of the molecule is CCC(CO)N1C(=O)C(C)(C)S1(=O)=O. The van der Waals surface area contributed by atoms with Gasteiger partial charge in [0.1, 0.15) is 0 Å². The van der Waals surface area contributed by atoms with Crippen LogP contribution >= 0.6 is 0 Å². The van der Waals surface area contributed by atoms with Gasteiger partial charge in [-0.3, -0.25) is 4.79 Å². The van der Waals surface area contributed by atoms with E-state index in [1.165, 1.54) is 13.8 Å². The minimum Gasteiger partial charge on any atom is -0.394 e. The van der Waals surface area contributed by atoms with E-state index in [9.17, 15) is 13.2 Å². The fourth-order valence-electron chi connectivity index (χ4n) is 1.42. The second kappa shape index (κ2) is 3.20. The van der Waals surface area contributed by atoms with E-state index in [1.54, 1.807) is 6.92 Å². The molecule has 1 heterocycles. The van der Waals surface area contributed by atoms with E-state index in [4.69, 9.17) is 5.11 Å². The average Bonchev–Trinajstić information content (AvgIpc) is 2.12. The summed E-state index contributed by atoms with van der Waals surface area (Å²) in [6.07, 6.45) is 0.428. The number of hydrogen-bond acceptors (Lipinski definition) is 4. The molecule has 1 unspecified atom stereocenters. The lowest BCUT2D eigenvalue weighted by atomic mass is 10.1. The number of hydrogen-bond donors (Lipinski definition) is 1. The highest BCUT2D eigenvalue weighted by Crippen LogP contribution is 2.36. The number of aliphatic hydroxyl groups excluding tert-OH is 1. The van der Waals surface area contributed by atoms with Crippen molar-refractivity contribution in [3.05, 3.63) is 0 Å². The topological polar surface area (TPSA) is 74.7 Å². The normalized spacial score (nSPS) is 25.7. The molecule has 0 spiro atoms. The Bertz CT molecular complexity index is 342. The van der Waals surface area contributed by atoms with Crippen molar-refractivity contribution >= 4 is 15.9 Å². The molecule has 0 aromatic heterocycles. The summed E-state index contributed by atoms with van der Waals surface area (Å²) in [6, 6.07) is -0.611. The summed E-state index contributed by atoms with van der Waals surface area (Å²) in [5.74, 6) is -0.432. The third kappa shape index (κ3) is 1.17. The maximum Gasteiger partial charge on any atom is 0.259 e. The Hall–Kier alpha value is -0.620. The van der Waals surface area contributed by atoms with Gasteiger partial charge in [-0.25, -0.2) is 12.7 Å². The summed E-state index contributed by atoms with van der Waals surface area (Å²) >= 11 is 0. The van der Waals surface area contributed by atoms with Crippen molar-refractivity contribution in [2.24, 2.45) is 0 Å². The second-order valence-electron chi connectivity index (χ2n) is 3.86. The fourth-order valence-corrected chi connectivity index (χ4v) is 3.16. The number of aliphatic hydroxyl groups is 1. The van der Waals surface area contributed by atoms with Crippen LogP contribution in [0.15, 0.2) is 0 Å². The van der Waals surface area contributed by atoms with E-state index < -0.39 is 26.7 Å². The average molecular weight is 221 g/mol. The van der Waals surface area contributed by atoms with Crippen LogP contribution in [0, 0.1) is 0 Å². The molecule has 6 heteroatoms. The van der Waals surface area contributed by atoms with Gasteiger partial charge in [-0.1, -0.05) is 6.92 Å². The van der Waals surface area contributed by atoms with Crippen molar-refractivity contribution < 1.29 is 18.3 Å². The summed E-state index contributed by atoms with van der Waals surface area (Å²) in [4.78, 5) is 11.5. The molecule has 0 aromatic rings. The van der Waals surface area contributed by atoms with Crippen molar-refractivity contribution in [1.29, 1.82) is 0 Å². The fraction of sp³-hybridized carbons (Fsp3) is 0.875. The minimum absolute atomic E-state index is 0.322. The molecule has 5 nitrogen and oxygen atoms in total. The molecule has 0 saturated carbocycles. The Morgan fingerprint density at radius 2 is 2.00 bits per heavy atom. The largest absolute Gasteiger partial charge is 0.394 e. The quantitative estimate of drug-likeness (QED) is 0.710. The van der Waals surface area contributed by atoms with Crippen LogP contribution < -0.4 is 0 Å². The van der Waals surface area contributed by atoms with Crippen LogP contribution in [0.2, 0.25) is 0 Å². The van der Waals surface area contributed by atoms with Crippen LogP contribution in [-0.4, -0.2) is 41.1 Å². The Morgan fingerprint density at radius 1 is 1.50 bits per heavy atom. The monoisotopic (exact) mass is 221 g/mol. The molecule has 14 heavy (non-hydrogen) atoms. The van der Waals surface area contributed by atoms with Gasteiger partial charge in [0, 0.05) is 0 Å². The highest BCUT2D eigenvalue weighted by atomic mass is 32.2. The van der Waals surface area contributed by atoms with Gasteiger partial charge in [-0.15, -0.1) is 0 Å². The number of sulfonamides is 1. The molecule has 1 amide bonds. The Morgan fingerprint density at radius 3 is 2.29 bits per heavy atom. The Labute approximate surface area is 83.8 Å². The zero-order valence-corrected chi connectivity index (χ0v) is 9.34. The summed E-state index contributed by atoms with van der Waals surface area (Å²) in [6.45, 7) is 4.17. The molecule has 1 aliphatic rings. The zero-order valence-electron chi connectivity index (χ0n) is 8.52. The summed E-state index contributed by atoms with van der Waals surface area (Å²) in [5, 5.41) is 8.92. The van der Waals surface area contributed by atoms with Gasteiger partial charge in [0.25, 0.3) is 15.9 Å². The van der Waals surface area contributed by atoms with Crippen LogP contribution in [0.1, 0.15) is 27.2 Å². The van der Waals surface area contributed by atoms with Gasteiger partial charge in [0.15, 0.2) is 4.75 Å².